The van der Waals surface area contributed by atoms with E-state index in [1.807, 2.05) is 26.0 Å². The molecule has 4 aromatic rings. The summed E-state index contributed by atoms with van der Waals surface area (Å²) < 4.78 is 35.5. The van der Waals surface area contributed by atoms with E-state index in [4.69, 9.17) is 4.74 Å². The van der Waals surface area contributed by atoms with Gasteiger partial charge in [0.2, 0.25) is 5.91 Å². The number of fused-ring (bicyclic) bond motifs is 1. The Kier molecular flexibility index (Phi) is 10.1. The molecule has 1 aliphatic heterocycles. The van der Waals surface area contributed by atoms with Crippen LogP contribution in [0.4, 0.5) is 5.69 Å². The molecular weight excluding hydrogens is 608 g/mol. The summed E-state index contributed by atoms with van der Waals surface area (Å²) >= 11 is 0. The molecule has 3 aromatic carbocycles. The topological polar surface area (TPSA) is 150 Å². The molecule has 0 bridgehead atoms. The third-order valence-electron chi connectivity index (χ3n) is 8.27. The maximum Gasteiger partial charge on any atom is 0.335 e. The van der Waals surface area contributed by atoms with Crippen LogP contribution < -0.4 is 10.0 Å². The Labute approximate surface area is 268 Å². The maximum absolute atomic E-state index is 12.8. The summed E-state index contributed by atoms with van der Waals surface area (Å²) in [6.45, 7) is 6.63. The number of carboxylic acid groups (broad SMARTS) is 1. The number of rotatable bonds is 14. The van der Waals surface area contributed by atoms with Gasteiger partial charge in [0.15, 0.2) is 0 Å². The van der Waals surface area contributed by atoms with Crippen molar-refractivity contribution < 1.29 is 33.0 Å². The van der Waals surface area contributed by atoms with Crippen molar-refractivity contribution in [2.75, 3.05) is 37.6 Å². The molecule has 1 fully saturated rings. The molecule has 1 aliphatic rings. The first kappa shape index (κ1) is 33.1. The van der Waals surface area contributed by atoms with Crippen molar-refractivity contribution in [3.8, 4) is 0 Å². The van der Waals surface area contributed by atoms with Crippen LogP contribution in [0.2, 0.25) is 0 Å². The van der Waals surface area contributed by atoms with Crippen LogP contribution >= 0.6 is 0 Å². The van der Waals surface area contributed by atoms with Gasteiger partial charge in [0.1, 0.15) is 6.61 Å². The third-order valence-corrected chi connectivity index (χ3v) is 9.66. The zero-order chi connectivity index (χ0) is 32.9. The van der Waals surface area contributed by atoms with Crippen molar-refractivity contribution in [1.82, 2.24) is 14.8 Å². The molecule has 12 heteroatoms. The van der Waals surface area contributed by atoms with Crippen molar-refractivity contribution >= 4 is 38.5 Å². The molecule has 1 atom stereocenters. The number of aromatic nitrogens is 1. The van der Waals surface area contributed by atoms with E-state index in [1.165, 1.54) is 12.1 Å². The predicted octanol–water partition coefficient (Wildman–Crippen LogP) is 4.03. The molecule has 46 heavy (non-hydrogen) atoms. The second kappa shape index (κ2) is 14.0. The number of β-amino-alcohol motifs (C(OH)–C–C–N with tert-alkyl or cyclic N) is 1. The Balaban J connectivity index is 1.24. The lowest BCUT2D eigenvalue weighted by Crippen LogP contribution is -2.43. The summed E-state index contributed by atoms with van der Waals surface area (Å²) in [5.74, 6) is -1.02. The molecular formula is C34H40N4O7S. The van der Waals surface area contributed by atoms with E-state index in [1.54, 1.807) is 59.5 Å². The Hall–Kier alpha value is -4.23. The van der Waals surface area contributed by atoms with Gasteiger partial charge in [0.05, 0.1) is 23.2 Å². The quantitative estimate of drug-likeness (QED) is 0.160. The largest absolute Gasteiger partial charge is 0.478 e. The fourth-order valence-corrected chi connectivity index (χ4v) is 6.63. The highest BCUT2D eigenvalue weighted by atomic mass is 32.2. The zero-order valence-corrected chi connectivity index (χ0v) is 26.8. The van der Waals surface area contributed by atoms with Gasteiger partial charge in [0.25, 0.3) is 10.0 Å². The lowest BCUT2D eigenvalue weighted by molar-refractivity contribution is -0.142. The SMILES string of the molecule is CC(C)(CCn1c(CCN2CCOCC2=O)cc2cc(C(=O)O)ccc21)NC[C@H](O)c1cccc(NS(=O)(=O)c2ccccc2)c1. The van der Waals surface area contributed by atoms with E-state index in [2.05, 4.69) is 14.6 Å². The number of aromatic carboxylic acids is 1. The summed E-state index contributed by atoms with van der Waals surface area (Å²) in [6.07, 6.45) is 0.411. The smallest absolute Gasteiger partial charge is 0.335 e. The average Bonchev–Trinajstić information content (AvgIpc) is 3.39. The van der Waals surface area contributed by atoms with Crippen LogP contribution in [0, 0.1) is 0 Å². The van der Waals surface area contributed by atoms with Gasteiger partial charge in [-0.3, -0.25) is 9.52 Å². The second-order valence-electron chi connectivity index (χ2n) is 12.1. The monoisotopic (exact) mass is 648 g/mol. The van der Waals surface area contributed by atoms with E-state index in [0.717, 1.165) is 16.6 Å². The van der Waals surface area contributed by atoms with E-state index in [-0.39, 0.29) is 29.5 Å². The molecule has 0 unspecified atom stereocenters. The number of nitrogens with one attached hydrogen (secondary N) is 2. The van der Waals surface area contributed by atoms with Crippen LogP contribution in [0.5, 0.6) is 0 Å². The number of aliphatic hydroxyl groups is 1. The number of carboxylic acids is 1. The van der Waals surface area contributed by atoms with E-state index in [9.17, 15) is 28.2 Å². The molecule has 1 saturated heterocycles. The van der Waals surface area contributed by atoms with E-state index in [0.29, 0.717) is 50.3 Å². The van der Waals surface area contributed by atoms with Crippen molar-refractivity contribution in [3.63, 3.8) is 0 Å². The normalized spacial score (nSPS) is 14.8. The number of aryl methyl sites for hydroxylation is 1. The van der Waals surface area contributed by atoms with Gasteiger partial charge >= 0.3 is 5.97 Å². The molecule has 0 radical (unpaired) electrons. The van der Waals surface area contributed by atoms with Crippen LogP contribution in [-0.4, -0.2) is 78.4 Å². The van der Waals surface area contributed by atoms with Gasteiger partial charge in [-0.25, -0.2) is 13.2 Å². The number of carbonyl (C=O) groups is 2. The Morgan fingerprint density at radius 3 is 2.54 bits per heavy atom. The molecule has 0 saturated carbocycles. The fraction of sp³-hybridized carbons (Fsp3) is 0.353. The number of carbonyl (C=O) groups excluding carboxylic acids is 1. The Morgan fingerprint density at radius 1 is 1.02 bits per heavy atom. The highest BCUT2D eigenvalue weighted by Gasteiger charge is 2.23. The minimum Gasteiger partial charge on any atom is -0.478 e. The van der Waals surface area contributed by atoms with Crippen LogP contribution in [-0.2, 0) is 32.5 Å². The van der Waals surface area contributed by atoms with Gasteiger partial charge in [-0.05, 0) is 74.4 Å². The first-order chi connectivity index (χ1) is 21.9. The number of amides is 1. The standard InChI is InChI=1S/C34H40N4O7S/c1-34(2,35-22-31(39)24-7-6-8-27(20-24)36-46(43,44)29-9-4-3-5-10-29)14-16-38-28(13-15-37-17-18-45-23-32(37)40)21-26-19-25(33(41)42)11-12-30(26)38/h3-12,19-21,31,35-36,39H,13-18,22-23H2,1-2H3,(H,41,42)/t31-/m0/s1. The van der Waals surface area contributed by atoms with Gasteiger partial charge in [-0.1, -0.05) is 30.3 Å². The van der Waals surface area contributed by atoms with Crippen LogP contribution in [0.1, 0.15) is 48.0 Å². The highest BCUT2D eigenvalue weighted by molar-refractivity contribution is 7.92. The number of hydrogen-bond donors (Lipinski definition) is 4. The number of aliphatic hydroxyl groups excluding tert-OH is 1. The molecule has 5 rings (SSSR count). The van der Waals surface area contributed by atoms with Crippen molar-refractivity contribution in [3.05, 3.63) is 95.7 Å². The molecule has 2 heterocycles. The second-order valence-corrected chi connectivity index (χ2v) is 13.8. The zero-order valence-electron chi connectivity index (χ0n) is 26.0. The summed E-state index contributed by atoms with van der Waals surface area (Å²) in [6, 6.07) is 21.9. The van der Waals surface area contributed by atoms with Crippen LogP contribution in [0.25, 0.3) is 10.9 Å². The maximum atomic E-state index is 12.8. The fourth-order valence-electron chi connectivity index (χ4n) is 5.56. The van der Waals surface area contributed by atoms with E-state index < -0.39 is 27.6 Å². The minimum atomic E-state index is -3.76. The van der Waals surface area contributed by atoms with Gasteiger partial charge in [-0.2, -0.15) is 0 Å². The van der Waals surface area contributed by atoms with Gasteiger partial charge < -0.3 is 29.7 Å². The first-order valence-electron chi connectivity index (χ1n) is 15.2. The highest BCUT2D eigenvalue weighted by Crippen LogP contribution is 2.26. The van der Waals surface area contributed by atoms with Crippen molar-refractivity contribution in [2.45, 2.75) is 49.8 Å². The van der Waals surface area contributed by atoms with Gasteiger partial charge in [0, 0.05) is 60.4 Å². The molecule has 1 aromatic heterocycles. The van der Waals surface area contributed by atoms with E-state index >= 15 is 0 Å². The van der Waals surface area contributed by atoms with Crippen LogP contribution in [0.15, 0.2) is 83.8 Å². The average molecular weight is 649 g/mol. The number of ether oxygens (including phenoxy) is 1. The third kappa shape index (κ3) is 8.13. The number of nitrogens with zero attached hydrogens (tertiary/aromatic N) is 2. The Bertz CT molecular complexity index is 1800. The minimum absolute atomic E-state index is 0.0369. The number of sulfonamides is 1. The predicted molar refractivity (Wildman–Crippen MR) is 175 cm³/mol. The lowest BCUT2D eigenvalue weighted by Gasteiger charge is -2.29. The van der Waals surface area contributed by atoms with Crippen molar-refractivity contribution in [1.29, 1.82) is 0 Å². The summed E-state index contributed by atoms with van der Waals surface area (Å²) in [5, 5.41) is 24.8. The molecule has 0 spiro atoms. The van der Waals surface area contributed by atoms with Crippen molar-refractivity contribution in [2.24, 2.45) is 0 Å². The molecule has 1 amide bonds. The Morgan fingerprint density at radius 2 is 1.80 bits per heavy atom. The number of hydrogen-bond acceptors (Lipinski definition) is 7. The molecule has 244 valence electrons. The molecule has 4 N–H and O–H groups in total. The van der Waals surface area contributed by atoms with Gasteiger partial charge in [-0.15, -0.1) is 0 Å². The summed E-state index contributed by atoms with van der Waals surface area (Å²) in [7, 11) is -3.76. The number of morpholine rings is 1. The summed E-state index contributed by atoms with van der Waals surface area (Å²) in [4.78, 5) is 25.8. The molecule has 0 aliphatic carbocycles. The number of benzene rings is 3. The first-order valence-corrected chi connectivity index (χ1v) is 16.7. The molecule has 11 nitrogen and oxygen atoms in total. The summed E-state index contributed by atoms with van der Waals surface area (Å²) in [5.41, 5.74) is 2.66. The van der Waals surface area contributed by atoms with Crippen LogP contribution in [0.3, 0.4) is 0 Å². The lowest BCUT2D eigenvalue weighted by atomic mass is 9.99. The number of anilines is 1.